The van der Waals surface area contributed by atoms with Crippen LogP contribution in [0.5, 0.6) is 0 Å². The van der Waals surface area contributed by atoms with E-state index in [1.807, 2.05) is 23.1 Å². The van der Waals surface area contributed by atoms with Crippen LogP contribution in [-0.4, -0.2) is 62.1 Å². The third-order valence-corrected chi connectivity index (χ3v) is 4.03. The second kappa shape index (κ2) is 6.86. The summed E-state index contributed by atoms with van der Waals surface area (Å²) in [7, 11) is 1.72. The van der Waals surface area contributed by atoms with Gasteiger partial charge in [0, 0.05) is 45.4 Å². The molecule has 0 radical (unpaired) electrons. The highest BCUT2D eigenvalue weighted by Gasteiger charge is 2.21. The molecule has 1 aromatic carbocycles. The summed E-state index contributed by atoms with van der Waals surface area (Å²) in [6.07, 6.45) is 0. The molecule has 20 heavy (non-hydrogen) atoms. The molecule has 0 unspecified atom stereocenters. The van der Waals surface area contributed by atoms with E-state index in [1.54, 1.807) is 7.11 Å². The Kier molecular flexibility index (Phi) is 5.15. The fraction of sp³-hybridized carbons (Fsp3) is 0.562. The maximum Gasteiger partial charge on any atom is 0.253 e. The van der Waals surface area contributed by atoms with Gasteiger partial charge < -0.3 is 9.64 Å². The highest BCUT2D eigenvalue weighted by atomic mass is 16.5. The molecule has 0 bridgehead atoms. The van der Waals surface area contributed by atoms with Gasteiger partial charge in [-0.3, -0.25) is 9.69 Å². The number of piperazine rings is 1. The normalized spacial score (nSPS) is 16.4. The van der Waals surface area contributed by atoms with Crippen molar-refractivity contribution in [2.24, 2.45) is 0 Å². The molecular formula is C16H24N2O2. The van der Waals surface area contributed by atoms with Crippen molar-refractivity contribution in [3.63, 3.8) is 0 Å². The van der Waals surface area contributed by atoms with Gasteiger partial charge in [-0.25, -0.2) is 0 Å². The molecule has 0 N–H and O–H groups in total. The lowest BCUT2D eigenvalue weighted by atomic mass is 10.1. The van der Waals surface area contributed by atoms with Crippen molar-refractivity contribution in [3.8, 4) is 0 Å². The van der Waals surface area contributed by atoms with Crippen molar-refractivity contribution < 1.29 is 9.53 Å². The number of ether oxygens (including phenoxy) is 1. The molecule has 2 rings (SSSR count). The van der Waals surface area contributed by atoms with E-state index in [0.29, 0.717) is 0 Å². The lowest BCUT2D eigenvalue weighted by Gasteiger charge is -2.34. The molecule has 1 fully saturated rings. The fourth-order valence-corrected chi connectivity index (χ4v) is 2.45. The van der Waals surface area contributed by atoms with E-state index in [4.69, 9.17) is 4.74 Å². The Labute approximate surface area is 121 Å². The Balaban J connectivity index is 1.92. The van der Waals surface area contributed by atoms with Crippen molar-refractivity contribution in [2.45, 2.75) is 13.8 Å². The van der Waals surface area contributed by atoms with Gasteiger partial charge in [-0.1, -0.05) is 6.07 Å². The smallest absolute Gasteiger partial charge is 0.253 e. The number of nitrogens with zero attached hydrogens (tertiary/aromatic N) is 2. The Morgan fingerprint density at radius 3 is 2.45 bits per heavy atom. The maximum atomic E-state index is 12.5. The molecule has 0 aromatic heterocycles. The highest BCUT2D eigenvalue weighted by molar-refractivity contribution is 5.94. The van der Waals surface area contributed by atoms with Crippen LogP contribution in [-0.2, 0) is 4.74 Å². The molecule has 1 heterocycles. The Morgan fingerprint density at radius 2 is 1.85 bits per heavy atom. The van der Waals surface area contributed by atoms with Crippen LogP contribution in [0.1, 0.15) is 21.5 Å². The number of benzene rings is 1. The molecule has 1 aliphatic heterocycles. The highest BCUT2D eigenvalue weighted by Crippen LogP contribution is 2.13. The molecule has 1 aliphatic rings. The largest absolute Gasteiger partial charge is 0.383 e. The van der Waals surface area contributed by atoms with Crippen molar-refractivity contribution in [3.05, 3.63) is 34.9 Å². The van der Waals surface area contributed by atoms with E-state index in [0.717, 1.165) is 44.9 Å². The van der Waals surface area contributed by atoms with Gasteiger partial charge in [-0.15, -0.1) is 0 Å². The lowest BCUT2D eigenvalue weighted by Crippen LogP contribution is -2.49. The Bertz CT molecular complexity index is 466. The van der Waals surface area contributed by atoms with Crippen molar-refractivity contribution in [2.75, 3.05) is 46.4 Å². The number of carbonyl (C=O) groups excluding carboxylic acids is 1. The number of hydrogen-bond acceptors (Lipinski definition) is 3. The summed E-state index contributed by atoms with van der Waals surface area (Å²) in [5.41, 5.74) is 3.21. The maximum absolute atomic E-state index is 12.5. The summed E-state index contributed by atoms with van der Waals surface area (Å²) in [5, 5.41) is 0. The minimum atomic E-state index is 0.152. The summed E-state index contributed by atoms with van der Waals surface area (Å²) in [4.78, 5) is 16.8. The van der Waals surface area contributed by atoms with Gasteiger partial charge in [0.05, 0.1) is 6.61 Å². The molecule has 1 amide bonds. The first-order valence-electron chi connectivity index (χ1n) is 7.19. The number of amides is 1. The molecule has 0 spiro atoms. The van der Waals surface area contributed by atoms with Crippen LogP contribution in [0.4, 0.5) is 0 Å². The van der Waals surface area contributed by atoms with Crippen molar-refractivity contribution >= 4 is 5.91 Å². The number of rotatable bonds is 4. The zero-order chi connectivity index (χ0) is 14.5. The van der Waals surface area contributed by atoms with Gasteiger partial charge in [0.25, 0.3) is 5.91 Å². The average Bonchev–Trinajstić information content (AvgIpc) is 2.48. The monoisotopic (exact) mass is 276 g/mol. The first-order valence-corrected chi connectivity index (χ1v) is 7.19. The van der Waals surface area contributed by atoms with E-state index in [9.17, 15) is 4.79 Å². The quantitative estimate of drug-likeness (QED) is 0.839. The van der Waals surface area contributed by atoms with E-state index in [1.165, 1.54) is 11.1 Å². The lowest BCUT2D eigenvalue weighted by molar-refractivity contribution is 0.0594. The molecule has 4 nitrogen and oxygen atoms in total. The van der Waals surface area contributed by atoms with E-state index in [2.05, 4.69) is 18.7 Å². The van der Waals surface area contributed by atoms with Crippen LogP contribution in [0, 0.1) is 13.8 Å². The van der Waals surface area contributed by atoms with Crippen LogP contribution in [0.2, 0.25) is 0 Å². The van der Waals surface area contributed by atoms with Gasteiger partial charge in [-0.05, 0) is 37.1 Å². The summed E-state index contributed by atoms with van der Waals surface area (Å²) < 4.78 is 5.09. The van der Waals surface area contributed by atoms with E-state index < -0.39 is 0 Å². The summed E-state index contributed by atoms with van der Waals surface area (Å²) in [6, 6.07) is 5.95. The van der Waals surface area contributed by atoms with Gasteiger partial charge in [-0.2, -0.15) is 0 Å². The van der Waals surface area contributed by atoms with Gasteiger partial charge in [0.15, 0.2) is 0 Å². The minimum Gasteiger partial charge on any atom is -0.383 e. The molecule has 1 saturated heterocycles. The number of hydrogen-bond donors (Lipinski definition) is 0. The molecular weight excluding hydrogens is 252 g/mol. The van der Waals surface area contributed by atoms with Crippen LogP contribution in [0.15, 0.2) is 18.2 Å². The molecule has 0 saturated carbocycles. The minimum absolute atomic E-state index is 0.152. The summed E-state index contributed by atoms with van der Waals surface area (Å²) in [6.45, 7) is 9.28. The molecule has 0 atom stereocenters. The van der Waals surface area contributed by atoms with Crippen LogP contribution < -0.4 is 0 Å². The molecule has 0 aliphatic carbocycles. The zero-order valence-corrected chi connectivity index (χ0v) is 12.7. The fourth-order valence-electron chi connectivity index (χ4n) is 2.45. The number of methoxy groups -OCH3 is 1. The average molecular weight is 276 g/mol. The molecule has 1 aromatic rings. The van der Waals surface area contributed by atoms with E-state index >= 15 is 0 Å². The predicted octanol–water partition coefficient (Wildman–Crippen LogP) is 1.71. The second-order valence-corrected chi connectivity index (χ2v) is 5.43. The number of carbonyl (C=O) groups is 1. The summed E-state index contributed by atoms with van der Waals surface area (Å²) in [5.74, 6) is 0.152. The van der Waals surface area contributed by atoms with Crippen molar-refractivity contribution in [1.82, 2.24) is 9.80 Å². The van der Waals surface area contributed by atoms with Crippen LogP contribution in [0.25, 0.3) is 0 Å². The van der Waals surface area contributed by atoms with Gasteiger partial charge >= 0.3 is 0 Å². The third-order valence-electron chi connectivity index (χ3n) is 4.03. The number of aryl methyl sites for hydroxylation is 2. The summed E-state index contributed by atoms with van der Waals surface area (Å²) >= 11 is 0. The van der Waals surface area contributed by atoms with Crippen LogP contribution >= 0.6 is 0 Å². The standard InChI is InChI=1S/C16H24N2O2/c1-13-4-5-15(12-14(13)2)16(19)18-8-6-17(7-9-18)10-11-20-3/h4-5,12H,6-11H2,1-3H3. The molecule has 4 heteroatoms. The second-order valence-electron chi connectivity index (χ2n) is 5.43. The van der Waals surface area contributed by atoms with E-state index in [-0.39, 0.29) is 5.91 Å². The van der Waals surface area contributed by atoms with Gasteiger partial charge in [0.2, 0.25) is 0 Å². The topological polar surface area (TPSA) is 32.8 Å². The molecule has 110 valence electrons. The predicted molar refractivity (Wildman–Crippen MR) is 80.1 cm³/mol. The van der Waals surface area contributed by atoms with Crippen LogP contribution in [0.3, 0.4) is 0 Å². The Hall–Kier alpha value is -1.39. The van der Waals surface area contributed by atoms with Gasteiger partial charge in [0.1, 0.15) is 0 Å². The Morgan fingerprint density at radius 1 is 1.15 bits per heavy atom. The zero-order valence-electron chi connectivity index (χ0n) is 12.7. The van der Waals surface area contributed by atoms with Crippen molar-refractivity contribution in [1.29, 1.82) is 0 Å². The first-order chi connectivity index (χ1) is 9.61. The SMILES string of the molecule is COCCN1CCN(C(=O)c2ccc(C)c(C)c2)CC1. The first kappa shape index (κ1) is 15.0. The third kappa shape index (κ3) is 3.58.